The van der Waals surface area contributed by atoms with Crippen molar-refractivity contribution in [3.63, 3.8) is 0 Å². The molecule has 0 aliphatic carbocycles. The number of carbonyl (C=O) groups excluding carboxylic acids is 1. The van der Waals surface area contributed by atoms with Gasteiger partial charge in [-0.05, 0) is 48.7 Å². The quantitative estimate of drug-likeness (QED) is 0.339. The predicted octanol–water partition coefficient (Wildman–Crippen LogP) is 3.45. The zero-order chi connectivity index (χ0) is 16.7. The predicted molar refractivity (Wildman–Crippen MR) is 95.0 cm³/mol. The van der Waals surface area contributed by atoms with Crippen molar-refractivity contribution >= 4 is 34.7 Å². The molecule has 0 fully saturated rings. The number of nitrogens with two attached hydrogens (primary N) is 1. The maximum atomic E-state index is 12.1. The van der Waals surface area contributed by atoms with E-state index in [-0.39, 0.29) is 5.57 Å². The number of anilines is 3. The second-order valence-electron chi connectivity index (χ2n) is 4.62. The van der Waals surface area contributed by atoms with Crippen LogP contribution in [0.3, 0.4) is 0 Å². The van der Waals surface area contributed by atoms with Crippen LogP contribution in [0.4, 0.5) is 17.1 Å². The molecule has 0 unspecified atom stereocenters. The summed E-state index contributed by atoms with van der Waals surface area (Å²) in [6.07, 6.45) is 3.38. The number of amides is 1. The maximum Gasteiger partial charge on any atom is 0.267 e. The molecule has 0 spiro atoms. The minimum absolute atomic E-state index is 0.0172. The Hall–Kier alpha value is -2.91. The minimum Gasteiger partial charge on any atom is -0.399 e. The molecule has 4 N–H and O–H groups in total. The van der Waals surface area contributed by atoms with Gasteiger partial charge in [0.1, 0.15) is 11.6 Å². The zero-order valence-corrected chi connectivity index (χ0v) is 13.4. The van der Waals surface area contributed by atoms with Crippen LogP contribution in [0, 0.1) is 11.3 Å². The first-order chi connectivity index (χ1) is 11.1. The van der Waals surface area contributed by atoms with Gasteiger partial charge in [-0.25, -0.2) is 0 Å². The molecule has 0 aliphatic heterocycles. The Kier molecular flexibility index (Phi) is 5.67. The Morgan fingerprint density at radius 2 is 1.96 bits per heavy atom. The molecule has 5 nitrogen and oxygen atoms in total. The molecule has 2 aromatic carbocycles. The molecule has 6 heteroatoms. The van der Waals surface area contributed by atoms with Crippen LogP contribution in [0.15, 0.2) is 65.2 Å². The summed E-state index contributed by atoms with van der Waals surface area (Å²) in [5.41, 5.74) is 7.57. The highest BCUT2D eigenvalue weighted by Crippen LogP contribution is 2.19. The van der Waals surface area contributed by atoms with Crippen molar-refractivity contribution in [2.24, 2.45) is 0 Å². The summed E-state index contributed by atoms with van der Waals surface area (Å²) in [5.74, 6) is -0.481. The fourth-order valence-electron chi connectivity index (χ4n) is 1.78. The van der Waals surface area contributed by atoms with Crippen molar-refractivity contribution in [2.75, 3.05) is 22.6 Å². The number of hydrogen-bond donors (Lipinski definition) is 3. The van der Waals surface area contributed by atoms with E-state index in [1.54, 1.807) is 36.0 Å². The smallest absolute Gasteiger partial charge is 0.267 e. The number of thioether (sulfide) groups is 1. The van der Waals surface area contributed by atoms with Gasteiger partial charge in [0.25, 0.3) is 5.91 Å². The molecule has 0 bridgehead atoms. The summed E-state index contributed by atoms with van der Waals surface area (Å²) in [5, 5.41) is 14.8. The van der Waals surface area contributed by atoms with Gasteiger partial charge in [-0.3, -0.25) is 4.79 Å². The number of rotatable bonds is 5. The molecular formula is C17H16N4OS. The first-order valence-electron chi connectivity index (χ1n) is 6.80. The summed E-state index contributed by atoms with van der Waals surface area (Å²) in [6, 6.07) is 16.3. The number of nitrogens with zero attached hydrogens (tertiary/aromatic N) is 1. The van der Waals surface area contributed by atoms with Gasteiger partial charge in [-0.15, -0.1) is 11.8 Å². The second kappa shape index (κ2) is 7.92. The Morgan fingerprint density at radius 3 is 2.61 bits per heavy atom. The molecule has 0 aromatic heterocycles. The molecule has 0 saturated carbocycles. The molecule has 0 heterocycles. The molecule has 0 atom stereocenters. The summed E-state index contributed by atoms with van der Waals surface area (Å²) in [4.78, 5) is 13.2. The highest BCUT2D eigenvalue weighted by molar-refractivity contribution is 7.98. The Bertz CT molecular complexity index is 763. The number of hydrogen-bond acceptors (Lipinski definition) is 5. The van der Waals surface area contributed by atoms with Crippen LogP contribution in [0.25, 0.3) is 0 Å². The summed E-state index contributed by atoms with van der Waals surface area (Å²) >= 11 is 1.62. The average Bonchev–Trinajstić information content (AvgIpc) is 2.57. The largest absolute Gasteiger partial charge is 0.399 e. The van der Waals surface area contributed by atoms with Gasteiger partial charge in [-0.1, -0.05) is 6.07 Å². The van der Waals surface area contributed by atoms with E-state index >= 15 is 0 Å². The molecule has 0 radical (unpaired) electrons. The summed E-state index contributed by atoms with van der Waals surface area (Å²) in [6.45, 7) is 0. The van der Waals surface area contributed by atoms with Crippen molar-refractivity contribution in [3.8, 4) is 6.07 Å². The normalized spacial score (nSPS) is 10.7. The number of carbonyl (C=O) groups is 1. The van der Waals surface area contributed by atoms with Crippen LogP contribution in [-0.2, 0) is 4.79 Å². The van der Waals surface area contributed by atoms with Crippen molar-refractivity contribution in [1.82, 2.24) is 0 Å². The highest BCUT2D eigenvalue weighted by atomic mass is 32.2. The third-order valence-corrected chi connectivity index (χ3v) is 3.71. The van der Waals surface area contributed by atoms with Gasteiger partial charge in [0.05, 0.1) is 0 Å². The van der Waals surface area contributed by atoms with E-state index < -0.39 is 5.91 Å². The van der Waals surface area contributed by atoms with Crippen LogP contribution >= 0.6 is 11.8 Å². The number of nitrogens with one attached hydrogen (secondary N) is 2. The maximum absolute atomic E-state index is 12.1. The summed E-state index contributed by atoms with van der Waals surface area (Å²) in [7, 11) is 0. The topological polar surface area (TPSA) is 90.9 Å². The van der Waals surface area contributed by atoms with Crippen molar-refractivity contribution < 1.29 is 4.79 Å². The first kappa shape index (κ1) is 16.5. The standard InChI is InChI=1S/C17H16N4OS/c1-23-16-4-2-3-15(9-16)20-11-12(10-18)17(22)21-14-7-5-13(19)6-8-14/h2-9,11,20H,19H2,1H3,(H,21,22)/b12-11-. The lowest BCUT2D eigenvalue weighted by Gasteiger charge is -2.06. The van der Waals surface area contributed by atoms with Crippen LogP contribution < -0.4 is 16.4 Å². The van der Waals surface area contributed by atoms with E-state index in [1.807, 2.05) is 36.6 Å². The highest BCUT2D eigenvalue weighted by Gasteiger charge is 2.09. The Labute approximate surface area is 139 Å². The van der Waals surface area contributed by atoms with Crippen molar-refractivity contribution in [3.05, 3.63) is 60.3 Å². The average molecular weight is 324 g/mol. The lowest BCUT2D eigenvalue weighted by molar-refractivity contribution is -0.112. The molecule has 116 valence electrons. The SMILES string of the molecule is CSc1cccc(N/C=C(/C#N)C(=O)Nc2ccc(N)cc2)c1. The Morgan fingerprint density at radius 1 is 1.22 bits per heavy atom. The van der Waals surface area contributed by atoms with E-state index in [0.717, 1.165) is 10.6 Å². The van der Waals surface area contributed by atoms with Crippen molar-refractivity contribution in [1.29, 1.82) is 5.26 Å². The van der Waals surface area contributed by atoms with Gasteiger partial charge >= 0.3 is 0 Å². The fourth-order valence-corrected chi connectivity index (χ4v) is 2.24. The van der Waals surface area contributed by atoms with E-state index in [2.05, 4.69) is 10.6 Å². The van der Waals surface area contributed by atoms with E-state index in [1.165, 1.54) is 6.20 Å². The molecule has 2 rings (SSSR count). The molecule has 0 saturated heterocycles. The molecule has 1 amide bonds. The lowest BCUT2D eigenvalue weighted by atomic mass is 10.2. The van der Waals surface area contributed by atoms with E-state index in [0.29, 0.717) is 11.4 Å². The molecule has 0 aliphatic rings. The van der Waals surface area contributed by atoms with E-state index in [9.17, 15) is 4.79 Å². The zero-order valence-electron chi connectivity index (χ0n) is 12.5. The molecular weight excluding hydrogens is 308 g/mol. The second-order valence-corrected chi connectivity index (χ2v) is 5.50. The van der Waals surface area contributed by atoms with Gasteiger partial charge in [0, 0.05) is 28.2 Å². The summed E-state index contributed by atoms with van der Waals surface area (Å²) < 4.78 is 0. The molecule has 23 heavy (non-hydrogen) atoms. The van der Waals surface area contributed by atoms with Gasteiger partial charge in [0.2, 0.25) is 0 Å². The van der Waals surface area contributed by atoms with Gasteiger partial charge in [-0.2, -0.15) is 5.26 Å². The van der Waals surface area contributed by atoms with Crippen LogP contribution in [0.2, 0.25) is 0 Å². The Balaban J connectivity index is 2.07. The number of nitrogen functional groups attached to an aromatic ring is 1. The van der Waals surface area contributed by atoms with Crippen LogP contribution in [-0.4, -0.2) is 12.2 Å². The van der Waals surface area contributed by atoms with E-state index in [4.69, 9.17) is 11.0 Å². The van der Waals surface area contributed by atoms with Crippen LogP contribution in [0.1, 0.15) is 0 Å². The van der Waals surface area contributed by atoms with Crippen molar-refractivity contribution in [2.45, 2.75) is 4.90 Å². The first-order valence-corrected chi connectivity index (χ1v) is 8.02. The molecule has 2 aromatic rings. The fraction of sp³-hybridized carbons (Fsp3) is 0.0588. The van der Waals surface area contributed by atoms with Gasteiger partial charge in [0.15, 0.2) is 0 Å². The third kappa shape index (κ3) is 4.80. The van der Waals surface area contributed by atoms with Gasteiger partial charge < -0.3 is 16.4 Å². The minimum atomic E-state index is -0.481. The monoisotopic (exact) mass is 324 g/mol. The number of nitriles is 1. The number of benzene rings is 2. The third-order valence-electron chi connectivity index (χ3n) is 2.99. The lowest BCUT2D eigenvalue weighted by Crippen LogP contribution is -2.14. The van der Waals surface area contributed by atoms with Crippen LogP contribution in [0.5, 0.6) is 0 Å².